The number of sulfonamides is 1. The molecule has 0 bridgehead atoms. The molecule has 5 aliphatic rings. The predicted octanol–water partition coefficient (Wildman–Crippen LogP) is 7.93. The summed E-state index contributed by atoms with van der Waals surface area (Å²) in [6, 6.07) is 7.53. The Labute approximate surface area is 278 Å². The number of carboxylic acids is 1. The van der Waals surface area contributed by atoms with Crippen LogP contribution in [-0.2, 0) is 10.0 Å². The quantitative estimate of drug-likeness (QED) is 0.196. The first kappa shape index (κ1) is 33.9. The first-order valence-electron chi connectivity index (χ1n) is 17.8. The zero-order valence-corrected chi connectivity index (χ0v) is 30.2. The van der Waals surface area contributed by atoms with E-state index >= 15 is 0 Å². The second-order valence-corrected chi connectivity index (χ2v) is 19.2. The van der Waals surface area contributed by atoms with Gasteiger partial charge in [-0.3, -0.25) is 0 Å². The molecule has 46 heavy (non-hydrogen) atoms. The maximum absolute atomic E-state index is 11.8. The summed E-state index contributed by atoms with van der Waals surface area (Å²) in [5, 5.41) is 13.4. The van der Waals surface area contributed by atoms with Gasteiger partial charge in [-0.2, -0.15) is 0 Å². The molecule has 9 unspecified atom stereocenters. The molecule has 3 N–H and O–H groups in total. The van der Waals surface area contributed by atoms with Gasteiger partial charge in [0.25, 0.3) is 0 Å². The first-order chi connectivity index (χ1) is 21.4. The summed E-state index contributed by atoms with van der Waals surface area (Å²) < 4.78 is 26.2. The highest BCUT2D eigenvalue weighted by molar-refractivity contribution is 7.88. The molecule has 1 aromatic carbocycles. The Morgan fingerprint density at radius 2 is 1.61 bits per heavy atom. The number of hydrogen-bond donors (Lipinski definition) is 3. The van der Waals surface area contributed by atoms with Crippen LogP contribution in [0.4, 0.5) is 0 Å². The molecule has 4 fully saturated rings. The SMILES string of the molecule is C=C(C)C1CCC2(NCCNS(C)(=O)=O)CCC3(C)C(CCC4C5(C)CC=C(c6ccc(C(=O)O)cc6)C(C)(C)C5CCC43C)C12. The third-order valence-electron chi connectivity index (χ3n) is 15.1. The van der Waals surface area contributed by atoms with Crippen LogP contribution in [0.3, 0.4) is 0 Å². The van der Waals surface area contributed by atoms with Gasteiger partial charge in [0.2, 0.25) is 10.0 Å². The molecule has 6 rings (SSSR count). The molecular weight excluding hydrogens is 593 g/mol. The van der Waals surface area contributed by atoms with Crippen LogP contribution < -0.4 is 10.0 Å². The average Bonchev–Trinajstić information content (AvgIpc) is 3.35. The third-order valence-corrected chi connectivity index (χ3v) is 15.8. The summed E-state index contributed by atoms with van der Waals surface area (Å²) in [5.74, 6) is 2.01. The highest BCUT2D eigenvalue weighted by atomic mass is 32.2. The highest BCUT2D eigenvalue weighted by Crippen LogP contribution is 2.76. The molecule has 6 nitrogen and oxygen atoms in total. The lowest BCUT2D eigenvalue weighted by Gasteiger charge is -2.72. The Morgan fingerprint density at radius 1 is 0.913 bits per heavy atom. The molecule has 0 spiro atoms. The van der Waals surface area contributed by atoms with E-state index in [2.05, 4.69) is 64.2 Å². The van der Waals surface area contributed by atoms with E-state index in [1.165, 1.54) is 55.9 Å². The Balaban J connectivity index is 1.30. The van der Waals surface area contributed by atoms with Crippen LogP contribution in [-0.4, -0.2) is 44.4 Å². The molecule has 4 saturated carbocycles. The standard InChI is InChI=1S/C39H58N2O4S/c1-25(2)28-15-20-39(40-23-24-41-46(8,44)45)22-21-37(6)30(33(28)39)13-14-32-36(5)18-16-29(26-9-11-27(12-10-26)34(42)43)35(3,4)31(36)17-19-38(32,37)7/h9-12,16,28,30-33,40-41H,1,13-15,17-24H2,2-8H3,(H,42,43). The molecule has 0 radical (unpaired) electrons. The number of aromatic carboxylic acids is 1. The zero-order chi connectivity index (χ0) is 33.5. The molecule has 0 heterocycles. The van der Waals surface area contributed by atoms with Gasteiger partial charge in [-0.1, -0.05) is 65.0 Å². The van der Waals surface area contributed by atoms with E-state index in [1.807, 2.05) is 12.1 Å². The van der Waals surface area contributed by atoms with Gasteiger partial charge in [0.05, 0.1) is 11.8 Å². The van der Waals surface area contributed by atoms with Crippen molar-refractivity contribution in [3.8, 4) is 0 Å². The smallest absolute Gasteiger partial charge is 0.335 e. The normalized spacial score (nSPS) is 41.4. The van der Waals surface area contributed by atoms with Gasteiger partial charge in [-0.25, -0.2) is 17.9 Å². The molecule has 0 amide bonds. The fourth-order valence-corrected chi connectivity index (χ4v) is 13.4. The van der Waals surface area contributed by atoms with E-state index in [9.17, 15) is 18.3 Å². The second kappa shape index (κ2) is 11.3. The van der Waals surface area contributed by atoms with Crippen molar-refractivity contribution in [1.29, 1.82) is 0 Å². The Hall–Kier alpha value is -1.96. The Morgan fingerprint density at radius 3 is 2.24 bits per heavy atom. The predicted molar refractivity (Wildman–Crippen MR) is 187 cm³/mol. The maximum Gasteiger partial charge on any atom is 0.335 e. The van der Waals surface area contributed by atoms with E-state index in [4.69, 9.17) is 0 Å². The van der Waals surface area contributed by atoms with Gasteiger partial charge in [-0.05, 0) is 139 Å². The van der Waals surface area contributed by atoms with Crippen molar-refractivity contribution in [2.24, 2.45) is 51.2 Å². The molecule has 1 aromatic rings. The molecule has 0 aliphatic heterocycles. The molecule has 254 valence electrons. The number of carbonyl (C=O) groups is 1. The van der Waals surface area contributed by atoms with Crippen molar-refractivity contribution in [3.05, 3.63) is 53.6 Å². The lowest BCUT2D eigenvalue weighted by molar-refractivity contribution is -0.219. The van der Waals surface area contributed by atoms with E-state index in [-0.39, 0.29) is 27.2 Å². The summed E-state index contributed by atoms with van der Waals surface area (Å²) in [5.41, 5.74) is 4.95. The van der Waals surface area contributed by atoms with Gasteiger partial charge < -0.3 is 10.4 Å². The minimum atomic E-state index is -3.20. The Kier molecular flexibility index (Phi) is 8.33. The number of rotatable bonds is 8. The highest BCUT2D eigenvalue weighted by Gasteiger charge is 2.70. The molecule has 0 aromatic heterocycles. The number of carboxylic acid groups (broad SMARTS) is 1. The van der Waals surface area contributed by atoms with E-state index in [1.54, 1.807) is 12.1 Å². The summed E-state index contributed by atoms with van der Waals surface area (Å²) >= 11 is 0. The largest absolute Gasteiger partial charge is 0.478 e. The van der Waals surface area contributed by atoms with Gasteiger partial charge in [0.1, 0.15) is 0 Å². The minimum Gasteiger partial charge on any atom is -0.478 e. The van der Waals surface area contributed by atoms with Crippen molar-refractivity contribution in [2.75, 3.05) is 19.3 Å². The van der Waals surface area contributed by atoms with E-state index < -0.39 is 16.0 Å². The summed E-state index contributed by atoms with van der Waals surface area (Å²) in [6.45, 7) is 20.7. The monoisotopic (exact) mass is 650 g/mol. The van der Waals surface area contributed by atoms with Crippen LogP contribution in [0.25, 0.3) is 5.57 Å². The summed E-state index contributed by atoms with van der Waals surface area (Å²) in [6.07, 6.45) is 14.5. The minimum absolute atomic E-state index is 0.00102. The summed E-state index contributed by atoms with van der Waals surface area (Å²) in [4.78, 5) is 11.5. The van der Waals surface area contributed by atoms with E-state index in [0.717, 1.165) is 24.8 Å². The van der Waals surface area contributed by atoms with Crippen molar-refractivity contribution in [1.82, 2.24) is 10.0 Å². The first-order valence-corrected chi connectivity index (χ1v) is 19.7. The average molecular weight is 651 g/mol. The van der Waals surface area contributed by atoms with Gasteiger partial charge in [0, 0.05) is 18.6 Å². The second-order valence-electron chi connectivity index (χ2n) is 17.4. The van der Waals surface area contributed by atoms with Crippen molar-refractivity contribution >= 4 is 21.6 Å². The number of nitrogens with one attached hydrogen (secondary N) is 2. The fourth-order valence-electron chi connectivity index (χ4n) is 12.9. The molecule has 0 saturated heterocycles. The van der Waals surface area contributed by atoms with Gasteiger partial charge >= 0.3 is 5.97 Å². The molecule has 5 aliphatic carbocycles. The van der Waals surface area contributed by atoms with Crippen LogP contribution >= 0.6 is 0 Å². The topological polar surface area (TPSA) is 95.5 Å². The van der Waals surface area contributed by atoms with Crippen LogP contribution in [0.2, 0.25) is 0 Å². The number of benzene rings is 1. The van der Waals surface area contributed by atoms with Crippen molar-refractivity contribution in [3.63, 3.8) is 0 Å². The van der Waals surface area contributed by atoms with E-state index in [0.29, 0.717) is 48.2 Å². The van der Waals surface area contributed by atoms with Crippen molar-refractivity contribution in [2.45, 2.75) is 105 Å². The lowest BCUT2D eigenvalue weighted by atomic mass is 9.33. The van der Waals surface area contributed by atoms with Crippen LogP contribution in [0.5, 0.6) is 0 Å². The number of hydrogen-bond acceptors (Lipinski definition) is 4. The van der Waals surface area contributed by atoms with Crippen molar-refractivity contribution < 1.29 is 18.3 Å². The molecule has 9 atom stereocenters. The number of allylic oxidation sites excluding steroid dienone is 3. The number of fused-ring (bicyclic) bond motifs is 7. The van der Waals surface area contributed by atoms with Crippen LogP contribution in [0.15, 0.2) is 42.5 Å². The fraction of sp³-hybridized carbons (Fsp3) is 0.718. The third kappa shape index (κ3) is 5.08. The van der Waals surface area contributed by atoms with Crippen LogP contribution in [0.1, 0.15) is 115 Å². The molecule has 7 heteroatoms. The molecular formula is C39H58N2O4S. The van der Waals surface area contributed by atoms with Crippen LogP contribution in [0, 0.1) is 51.2 Å². The lowest BCUT2D eigenvalue weighted by Crippen LogP contribution is -2.68. The Bertz CT molecular complexity index is 1530. The zero-order valence-electron chi connectivity index (χ0n) is 29.3. The van der Waals surface area contributed by atoms with Gasteiger partial charge in [0.15, 0.2) is 0 Å². The summed E-state index contributed by atoms with van der Waals surface area (Å²) in [7, 11) is -3.20. The maximum atomic E-state index is 11.8. The van der Waals surface area contributed by atoms with Gasteiger partial charge in [-0.15, -0.1) is 0 Å².